The standard InChI is InChI=1S/C11H16N2O3S/c1-2-11(5-3-6-11)13-17(15,16)10-8-12-7-4-9(10)14/h4,7-8,13H,2-3,5-6H2,1H3,(H,12,14). The van der Waals surface area contributed by atoms with Crippen LogP contribution in [0.1, 0.15) is 32.6 Å². The summed E-state index contributed by atoms with van der Waals surface area (Å²) < 4.78 is 26.8. The monoisotopic (exact) mass is 256 g/mol. The average molecular weight is 256 g/mol. The summed E-state index contributed by atoms with van der Waals surface area (Å²) in [7, 11) is -3.72. The van der Waals surface area contributed by atoms with Crippen molar-refractivity contribution in [2.45, 2.75) is 43.0 Å². The van der Waals surface area contributed by atoms with Crippen LogP contribution in [0.5, 0.6) is 0 Å². The number of hydrogen-bond donors (Lipinski definition) is 2. The maximum atomic E-state index is 12.1. The van der Waals surface area contributed by atoms with Gasteiger partial charge in [0.05, 0.1) is 0 Å². The molecule has 0 spiro atoms. The molecule has 1 aromatic heterocycles. The Morgan fingerprint density at radius 2 is 2.18 bits per heavy atom. The van der Waals surface area contributed by atoms with Crippen molar-refractivity contribution in [1.82, 2.24) is 9.71 Å². The molecule has 17 heavy (non-hydrogen) atoms. The molecule has 1 aliphatic rings. The predicted molar refractivity (Wildman–Crippen MR) is 64.3 cm³/mol. The zero-order chi connectivity index (χ0) is 12.5. The lowest BCUT2D eigenvalue weighted by molar-refractivity contribution is 0.214. The van der Waals surface area contributed by atoms with E-state index in [4.69, 9.17) is 0 Å². The van der Waals surface area contributed by atoms with Crippen LogP contribution >= 0.6 is 0 Å². The molecule has 1 saturated carbocycles. The summed E-state index contributed by atoms with van der Waals surface area (Å²) in [6.07, 6.45) is 6.10. The fourth-order valence-corrected chi connectivity index (χ4v) is 3.67. The van der Waals surface area contributed by atoms with E-state index in [2.05, 4.69) is 9.71 Å². The molecule has 1 aromatic rings. The molecule has 0 radical (unpaired) electrons. The molecule has 0 atom stereocenters. The number of hydrogen-bond acceptors (Lipinski definition) is 3. The third-order valence-electron chi connectivity index (χ3n) is 3.42. The van der Waals surface area contributed by atoms with Gasteiger partial charge in [0.15, 0.2) is 0 Å². The van der Waals surface area contributed by atoms with Crippen LogP contribution < -0.4 is 10.2 Å². The lowest BCUT2D eigenvalue weighted by Crippen LogP contribution is -2.53. The summed E-state index contributed by atoms with van der Waals surface area (Å²) in [6, 6.07) is 1.22. The van der Waals surface area contributed by atoms with E-state index in [0.29, 0.717) is 0 Å². The van der Waals surface area contributed by atoms with E-state index < -0.39 is 15.5 Å². The Morgan fingerprint density at radius 1 is 1.47 bits per heavy atom. The summed E-state index contributed by atoms with van der Waals surface area (Å²) >= 11 is 0. The van der Waals surface area contributed by atoms with Gasteiger partial charge in [-0.3, -0.25) is 4.79 Å². The zero-order valence-corrected chi connectivity index (χ0v) is 10.5. The molecule has 1 heterocycles. The molecule has 0 unspecified atom stereocenters. The van der Waals surface area contributed by atoms with Gasteiger partial charge in [0.1, 0.15) is 4.90 Å². The molecule has 94 valence electrons. The van der Waals surface area contributed by atoms with Gasteiger partial charge in [0.2, 0.25) is 15.5 Å². The van der Waals surface area contributed by atoms with Gasteiger partial charge in [-0.1, -0.05) is 6.92 Å². The van der Waals surface area contributed by atoms with Gasteiger partial charge in [-0.15, -0.1) is 0 Å². The van der Waals surface area contributed by atoms with Crippen molar-refractivity contribution < 1.29 is 8.42 Å². The third-order valence-corrected chi connectivity index (χ3v) is 5.02. The number of rotatable bonds is 4. The Labute approximate surface area is 100 Å². The van der Waals surface area contributed by atoms with Gasteiger partial charge in [-0.25, -0.2) is 13.1 Å². The first-order valence-electron chi connectivity index (χ1n) is 5.70. The largest absolute Gasteiger partial charge is 0.366 e. The van der Waals surface area contributed by atoms with Crippen molar-refractivity contribution in [3.8, 4) is 0 Å². The first-order valence-corrected chi connectivity index (χ1v) is 7.18. The van der Waals surface area contributed by atoms with Crippen LogP contribution in [0.4, 0.5) is 0 Å². The molecule has 2 rings (SSSR count). The summed E-state index contributed by atoms with van der Waals surface area (Å²) in [4.78, 5) is 13.9. The number of nitrogens with one attached hydrogen (secondary N) is 2. The number of sulfonamides is 1. The van der Waals surface area contributed by atoms with Crippen molar-refractivity contribution in [2.24, 2.45) is 0 Å². The number of aromatic nitrogens is 1. The van der Waals surface area contributed by atoms with Crippen molar-refractivity contribution >= 4 is 10.0 Å². The van der Waals surface area contributed by atoms with Crippen molar-refractivity contribution in [1.29, 1.82) is 0 Å². The molecule has 2 N–H and O–H groups in total. The second-order valence-corrected chi connectivity index (χ2v) is 6.12. The van der Waals surface area contributed by atoms with Crippen LogP contribution in [0, 0.1) is 0 Å². The molecule has 0 aromatic carbocycles. The minimum absolute atomic E-state index is 0.209. The minimum Gasteiger partial charge on any atom is -0.366 e. The van der Waals surface area contributed by atoms with E-state index >= 15 is 0 Å². The van der Waals surface area contributed by atoms with Crippen LogP contribution in [0.15, 0.2) is 28.2 Å². The van der Waals surface area contributed by atoms with Crippen LogP contribution in [0.25, 0.3) is 0 Å². The minimum atomic E-state index is -3.72. The fraction of sp³-hybridized carbons (Fsp3) is 0.545. The number of aromatic amines is 1. The van der Waals surface area contributed by atoms with Crippen LogP contribution in [0.3, 0.4) is 0 Å². The van der Waals surface area contributed by atoms with Gasteiger partial charge in [-0.2, -0.15) is 0 Å². The number of H-pyrrole nitrogens is 1. The topological polar surface area (TPSA) is 79.0 Å². The summed E-state index contributed by atoms with van der Waals surface area (Å²) in [6.45, 7) is 1.96. The van der Waals surface area contributed by atoms with E-state index in [1.54, 1.807) is 0 Å². The summed E-state index contributed by atoms with van der Waals surface area (Å²) in [5.41, 5.74) is -0.831. The normalized spacial score (nSPS) is 18.6. The lowest BCUT2D eigenvalue weighted by Gasteiger charge is -2.41. The molecule has 0 saturated heterocycles. The van der Waals surface area contributed by atoms with E-state index in [1.165, 1.54) is 18.5 Å². The fourth-order valence-electron chi connectivity index (χ4n) is 2.08. The lowest BCUT2D eigenvalue weighted by atomic mass is 9.76. The first kappa shape index (κ1) is 12.3. The van der Waals surface area contributed by atoms with Gasteiger partial charge < -0.3 is 4.98 Å². The Hall–Kier alpha value is -1.14. The quantitative estimate of drug-likeness (QED) is 0.843. The highest BCUT2D eigenvalue weighted by Gasteiger charge is 2.39. The van der Waals surface area contributed by atoms with Gasteiger partial charge in [-0.05, 0) is 25.7 Å². The van der Waals surface area contributed by atoms with Gasteiger partial charge in [0, 0.05) is 24.0 Å². The first-order chi connectivity index (χ1) is 7.99. The summed E-state index contributed by atoms with van der Waals surface area (Å²) in [5.74, 6) is 0. The molecule has 6 heteroatoms. The van der Waals surface area contributed by atoms with Crippen molar-refractivity contribution in [3.63, 3.8) is 0 Å². The Morgan fingerprint density at radius 3 is 2.65 bits per heavy atom. The second kappa shape index (κ2) is 4.27. The van der Waals surface area contributed by atoms with Gasteiger partial charge >= 0.3 is 0 Å². The predicted octanol–water partition coefficient (Wildman–Crippen LogP) is 0.986. The van der Waals surface area contributed by atoms with Crippen LogP contribution in [-0.4, -0.2) is 18.9 Å². The molecule has 5 nitrogen and oxygen atoms in total. The maximum Gasteiger partial charge on any atom is 0.246 e. The number of pyridine rings is 1. The highest BCUT2D eigenvalue weighted by Crippen LogP contribution is 2.35. The van der Waals surface area contributed by atoms with Crippen LogP contribution in [-0.2, 0) is 10.0 Å². The van der Waals surface area contributed by atoms with Gasteiger partial charge in [0.25, 0.3) is 0 Å². The summed E-state index contributed by atoms with van der Waals surface area (Å²) in [5, 5.41) is 0. The van der Waals surface area contributed by atoms with E-state index in [-0.39, 0.29) is 10.4 Å². The Balaban J connectivity index is 2.32. The maximum absolute atomic E-state index is 12.1. The molecular formula is C11H16N2O3S. The van der Waals surface area contributed by atoms with Crippen LogP contribution in [0.2, 0.25) is 0 Å². The molecule has 1 aliphatic carbocycles. The molecule has 1 fully saturated rings. The Kier molecular flexibility index (Phi) is 3.09. The zero-order valence-electron chi connectivity index (χ0n) is 9.69. The Bertz CT molecular complexity index is 553. The van der Waals surface area contributed by atoms with E-state index in [9.17, 15) is 13.2 Å². The van der Waals surface area contributed by atoms with E-state index in [1.807, 2.05) is 6.92 Å². The molecule has 0 bridgehead atoms. The third kappa shape index (κ3) is 2.28. The highest BCUT2D eigenvalue weighted by atomic mass is 32.2. The molecule has 0 aliphatic heterocycles. The molecular weight excluding hydrogens is 240 g/mol. The highest BCUT2D eigenvalue weighted by molar-refractivity contribution is 7.89. The SMILES string of the molecule is CCC1(NS(=O)(=O)c2c[nH]ccc2=O)CCC1. The second-order valence-electron chi connectivity index (χ2n) is 4.47. The average Bonchev–Trinajstić information content (AvgIpc) is 2.24. The van der Waals surface area contributed by atoms with E-state index in [0.717, 1.165) is 25.7 Å². The molecule has 0 amide bonds. The van der Waals surface area contributed by atoms with Crippen molar-refractivity contribution in [2.75, 3.05) is 0 Å². The van der Waals surface area contributed by atoms with Crippen molar-refractivity contribution in [3.05, 3.63) is 28.7 Å². The smallest absolute Gasteiger partial charge is 0.246 e.